The maximum absolute atomic E-state index is 11.4. The lowest BCUT2D eigenvalue weighted by atomic mass is 9.98. The molecule has 0 aromatic carbocycles. The van der Waals surface area contributed by atoms with Gasteiger partial charge in [-0.25, -0.2) is 4.79 Å². The van der Waals surface area contributed by atoms with Crippen molar-refractivity contribution in [2.24, 2.45) is 0 Å². The van der Waals surface area contributed by atoms with Gasteiger partial charge in [0.2, 0.25) is 5.76 Å². The Kier molecular flexibility index (Phi) is 6.08. The van der Waals surface area contributed by atoms with Gasteiger partial charge in [-0.2, -0.15) is 0 Å². The molecule has 0 atom stereocenters. The van der Waals surface area contributed by atoms with Crippen LogP contribution in [0.3, 0.4) is 0 Å². The van der Waals surface area contributed by atoms with Crippen LogP contribution >= 0.6 is 0 Å². The van der Waals surface area contributed by atoms with Crippen LogP contribution < -0.4 is 5.32 Å². The zero-order valence-corrected chi connectivity index (χ0v) is 12.0. The van der Waals surface area contributed by atoms with Gasteiger partial charge in [-0.3, -0.25) is 0 Å². The van der Waals surface area contributed by atoms with Crippen LogP contribution in [0, 0.1) is 0 Å². The fraction of sp³-hybridized carbons (Fsp3) is 0.667. The van der Waals surface area contributed by atoms with Crippen molar-refractivity contribution in [3.8, 4) is 0 Å². The SMILES string of the molecule is COC(=O)c1occc1CNCCOC1CCCCC1. The normalized spacial score (nSPS) is 16.2. The van der Waals surface area contributed by atoms with Gasteiger partial charge in [0.25, 0.3) is 0 Å². The quantitative estimate of drug-likeness (QED) is 0.614. The molecule has 2 rings (SSSR count). The number of furan rings is 1. The fourth-order valence-electron chi connectivity index (χ4n) is 2.50. The highest BCUT2D eigenvalue weighted by atomic mass is 16.5. The van der Waals surface area contributed by atoms with E-state index in [0.29, 0.717) is 19.3 Å². The lowest BCUT2D eigenvalue weighted by Gasteiger charge is -2.22. The summed E-state index contributed by atoms with van der Waals surface area (Å²) in [5, 5.41) is 3.25. The average molecular weight is 281 g/mol. The number of ether oxygens (including phenoxy) is 2. The number of methoxy groups -OCH3 is 1. The molecule has 1 aromatic heterocycles. The van der Waals surface area contributed by atoms with E-state index in [2.05, 4.69) is 10.1 Å². The third kappa shape index (κ3) is 4.35. The van der Waals surface area contributed by atoms with E-state index in [1.54, 1.807) is 6.07 Å². The van der Waals surface area contributed by atoms with E-state index in [-0.39, 0.29) is 5.76 Å². The zero-order chi connectivity index (χ0) is 14.2. The summed E-state index contributed by atoms with van der Waals surface area (Å²) in [6.07, 6.45) is 8.23. The van der Waals surface area contributed by atoms with Crippen LogP contribution in [0.4, 0.5) is 0 Å². The first kappa shape index (κ1) is 15.1. The topological polar surface area (TPSA) is 60.7 Å². The summed E-state index contributed by atoms with van der Waals surface area (Å²) in [4.78, 5) is 11.4. The average Bonchev–Trinajstić information content (AvgIpc) is 2.95. The minimum absolute atomic E-state index is 0.271. The fourth-order valence-corrected chi connectivity index (χ4v) is 2.50. The first-order chi connectivity index (χ1) is 9.81. The highest BCUT2D eigenvalue weighted by molar-refractivity contribution is 5.87. The molecule has 0 aliphatic heterocycles. The van der Waals surface area contributed by atoms with Crippen molar-refractivity contribution in [2.45, 2.75) is 44.8 Å². The molecule has 5 heteroatoms. The van der Waals surface area contributed by atoms with Gasteiger partial charge in [-0.05, 0) is 18.9 Å². The molecule has 0 spiro atoms. The van der Waals surface area contributed by atoms with Crippen LogP contribution in [0.15, 0.2) is 16.7 Å². The second-order valence-corrected chi connectivity index (χ2v) is 5.07. The van der Waals surface area contributed by atoms with Crippen LogP contribution in [-0.2, 0) is 16.0 Å². The van der Waals surface area contributed by atoms with Crippen LogP contribution in [-0.4, -0.2) is 32.3 Å². The maximum Gasteiger partial charge on any atom is 0.374 e. The minimum atomic E-state index is -0.440. The molecule has 1 aromatic rings. The summed E-state index contributed by atoms with van der Waals surface area (Å²) in [5.74, 6) is -0.168. The second kappa shape index (κ2) is 8.07. The Balaban J connectivity index is 1.63. The van der Waals surface area contributed by atoms with Crippen molar-refractivity contribution in [1.82, 2.24) is 5.32 Å². The van der Waals surface area contributed by atoms with Crippen molar-refractivity contribution in [2.75, 3.05) is 20.3 Å². The van der Waals surface area contributed by atoms with Gasteiger partial charge in [0.05, 0.1) is 26.1 Å². The van der Waals surface area contributed by atoms with Crippen LogP contribution in [0.5, 0.6) is 0 Å². The molecule has 20 heavy (non-hydrogen) atoms. The summed E-state index contributed by atoms with van der Waals surface area (Å²) >= 11 is 0. The third-order valence-electron chi connectivity index (χ3n) is 3.62. The number of hydrogen-bond donors (Lipinski definition) is 1. The molecule has 1 aliphatic rings. The van der Waals surface area contributed by atoms with E-state index in [1.807, 2.05) is 0 Å². The van der Waals surface area contributed by atoms with Crippen molar-refractivity contribution >= 4 is 5.97 Å². The van der Waals surface area contributed by atoms with Crippen LogP contribution in [0.25, 0.3) is 0 Å². The Morgan fingerprint density at radius 1 is 1.40 bits per heavy atom. The van der Waals surface area contributed by atoms with Gasteiger partial charge in [0.15, 0.2) is 0 Å². The molecule has 1 heterocycles. The molecule has 0 bridgehead atoms. The van der Waals surface area contributed by atoms with E-state index in [9.17, 15) is 4.79 Å². The van der Waals surface area contributed by atoms with Crippen LogP contribution in [0.2, 0.25) is 0 Å². The second-order valence-electron chi connectivity index (χ2n) is 5.07. The molecular weight excluding hydrogens is 258 g/mol. The van der Waals surface area contributed by atoms with Gasteiger partial charge in [-0.1, -0.05) is 19.3 Å². The van der Waals surface area contributed by atoms with Gasteiger partial charge in [0.1, 0.15) is 0 Å². The summed E-state index contributed by atoms with van der Waals surface area (Å²) in [5.41, 5.74) is 0.814. The number of hydrogen-bond acceptors (Lipinski definition) is 5. The van der Waals surface area contributed by atoms with E-state index in [4.69, 9.17) is 9.15 Å². The number of rotatable bonds is 7. The van der Waals surface area contributed by atoms with Gasteiger partial charge in [0, 0.05) is 18.7 Å². The highest BCUT2D eigenvalue weighted by Gasteiger charge is 2.15. The number of carbonyl (C=O) groups is 1. The molecular formula is C15H23NO4. The molecule has 0 unspecified atom stereocenters. The molecule has 1 aliphatic carbocycles. The lowest BCUT2D eigenvalue weighted by Crippen LogP contribution is -2.24. The van der Waals surface area contributed by atoms with E-state index < -0.39 is 5.97 Å². The van der Waals surface area contributed by atoms with E-state index in [0.717, 1.165) is 12.1 Å². The summed E-state index contributed by atoms with van der Waals surface area (Å²) in [6.45, 7) is 2.05. The van der Waals surface area contributed by atoms with Gasteiger partial charge < -0.3 is 19.2 Å². The first-order valence-electron chi connectivity index (χ1n) is 7.28. The molecule has 1 saturated carbocycles. The van der Waals surface area contributed by atoms with Gasteiger partial charge in [-0.15, -0.1) is 0 Å². The Morgan fingerprint density at radius 3 is 2.95 bits per heavy atom. The Labute approximate surface area is 119 Å². The number of nitrogens with one attached hydrogen (secondary N) is 1. The van der Waals surface area contributed by atoms with Gasteiger partial charge >= 0.3 is 5.97 Å². The molecule has 1 N–H and O–H groups in total. The van der Waals surface area contributed by atoms with Crippen molar-refractivity contribution in [1.29, 1.82) is 0 Å². The molecule has 112 valence electrons. The van der Waals surface area contributed by atoms with E-state index in [1.165, 1.54) is 45.5 Å². The Bertz CT molecular complexity index is 410. The predicted molar refractivity (Wildman–Crippen MR) is 74.6 cm³/mol. The summed E-state index contributed by atoms with van der Waals surface area (Å²) in [6, 6.07) is 1.78. The largest absolute Gasteiger partial charge is 0.463 e. The first-order valence-corrected chi connectivity index (χ1v) is 7.28. The molecule has 5 nitrogen and oxygen atoms in total. The molecule has 0 radical (unpaired) electrons. The summed E-state index contributed by atoms with van der Waals surface area (Å²) < 4.78 is 15.6. The zero-order valence-electron chi connectivity index (χ0n) is 12.0. The molecule has 0 saturated heterocycles. The number of esters is 1. The lowest BCUT2D eigenvalue weighted by molar-refractivity contribution is 0.0302. The predicted octanol–water partition coefficient (Wildman–Crippen LogP) is 2.51. The van der Waals surface area contributed by atoms with Crippen LogP contribution in [0.1, 0.15) is 48.2 Å². The van der Waals surface area contributed by atoms with Crippen molar-refractivity contribution in [3.05, 3.63) is 23.7 Å². The van der Waals surface area contributed by atoms with Crippen molar-refractivity contribution < 1.29 is 18.7 Å². The third-order valence-corrected chi connectivity index (χ3v) is 3.62. The molecule has 1 fully saturated rings. The van der Waals surface area contributed by atoms with E-state index >= 15 is 0 Å². The Morgan fingerprint density at radius 2 is 2.20 bits per heavy atom. The summed E-state index contributed by atoms with van der Waals surface area (Å²) in [7, 11) is 1.35. The monoisotopic (exact) mass is 281 g/mol. The Hall–Kier alpha value is -1.33. The van der Waals surface area contributed by atoms with Crippen molar-refractivity contribution in [3.63, 3.8) is 0 Å². The molecule has 0 amide bonds. The minimum Gasteiger partial charge on any atom is -0.463 e. The standard InChI is InChI=1S/C15H23NO4/c1-18-15(17)14-12(7-9-20-14)11-16-8-10-19-13-5-3-2-4-6-13/h7,9,13,16H,2-6,8,10-11H2,1H3. The highest BCUT2D eigenvalue weighted by Crippen LogP contribution is 2.19. The number of carbonyl (C=O) groups excluding carboxylic acids is 1. The maximum atomic E-state index is 11.4. The smallest absolute Gasteiger partial charge is 0.374 e.